The molecule has 1 aromatic rings. The fourth-order valence-corrected chi connectivity index (χ4v) is 2.67. The van der Waals surface area contributed by atoms with Crippen molar-refractivity contribution in [3.8, 4) is 11.5 Å². The summed E-state index contributed by atoms with van der Waals surface area (Å²) >= 11 is 5.89. The zero-order chi connectivity index (χ0) is 17.7. The molecule has 2 rings (SSSR count). The number of hydrogen-bond acceptors (Lipinski definition) is 5. The van der Waals surface area contributed by atoms with Crippen LogP contribution in [0, 0.1) is 0 Å². The van der Waals surface area contributed by atoms with Gasteiger partial charge in [0.05, 0.1) is 38.3 Å². The van der Waals surface area contributed by atoms with Gasteiger partial charge in [0, 0.05) is 5.70 Å². The van der Waals surface area contributed by atoms with E-state index >= 15 is 0 Å². The largest absolute Gasteiger partial charge is 0.493 e. The molecule has 7 nitrogen and oxygen atoms in total. The molecule has 8 heteroatoms. The highest BCUT2D eigenvalue weighted by Gasteiger charge is 2.33. The van der Waals surface area contributed by atoms with Gasteiger partial charge in [-0.15, -0.1) is 11.6 Å². The Balaban J connectivity index is 2.52. The average molecular weight is 355 g/mol. The van der Waals surface area contributed by atoms with Crippen molar-refractivity contribution < 1.29 is 23.8 Å². The Bertz CT molecular complexity index is 674. The van der Waals surface area contributed by atoms with Crippen molar-refractivity contribution in [2.75, 3.05) is 26.7 Å². The third kappa shape index (κ3) is 3.56. The second kappa shape index (κ2) is 7.92. The molecule has 24 heavy (non-hydrogen) atoms. The van der Waals surface area contributed by atoms with Gasteiger partial charge >= 0.3 is 12.0 Å². The predicted molar refractivity (Wildman–Crippen MR) is 88.3 cm³/mol. The smallest absolute Gasteiger partial charge is 0.338 e. The first-order chi connectivity index (χ1) is 11.5. The molecule has 0 bridgehead atoms. The quantitative estimate of drug-likeness (QED) is 0.603. The highest BCUT2D eigenvalue weighted by molar-refractivity contribution is 6.20. The Kier molecular flexibility index (Phi) is 5.92. The third-order valence-corrected chi connectivity index (χ3v) is 3.79. The molecule has 2 amide bonds. The number of carbonyl (C=O) groups is 2. The number of methoxy groups -OCH3 is 2. The van der Waals surface area contributed by atoms with Crippen molar-refractivity contribution in [1.82, 2.24) is 10.6 Å². The minimum absolute atomic E-state index is 0.0225. The standard InChI is InChI=1S/C16H19ClN2O5/c1-4-24-15(20)13-10(8-17)18-16(21)19-14(13)9-5-6-11(22-2)12(7-9)23-3/h5-7,14H,4,8H2,1-3H3,(H2,18,19,21). The second-order valence-electron chi connectivity index (χ2n) is 4.89. The number of hydrogen-bond donors (Lipinski definition) is 2. The first-order valence-electron chi connectivity index (χ1n) is 7.31. The Labute approximate surface area is 144 Å². The summed E-state index contributed by atoms with van der Waals surface area (Å²) in [6.45, 7) is 1.92. The van der Waals surface area contributed by atoms with Gasteiger partial charge in [0.25, 0.3) is 0 Å². The Morgan fingerprint density at radius 3 is 2.54 bits per heavy atom. The minimum Gasteiger partial charge on any atom is -0.493 e. The maximum atomic E-state index is 12.3. The van der Waals surface area contributed by atoms with Crippen LogP contribution in [0.15, 0.2) is 29.5 Å². The maximum absolute atomic E-state index is 12.3. The summed E-state index contributed by atoms with van der Waals surface area (Å²) in [6, 6.07) is 3.99. The molecular formula is C16H19ClN2O5. The van der Waals surface area contributed by atoms with Gasteiger partial charge in [0.2, 0.25) is 0 Å². The fourth-order valence-electron chi connectivity index (χ4n) is 2.46. The van der Waals surface area contributed by atoms with Gasteiger partial charge < -0.3 is 24.8 Å². The van der Waals surface area contributed by atoms with Crippen LogP contribution in [-0.4, -0.2) is 38.7 Å². The van der Waals surface area contributed by atoms with Gasteiger partial charge in [-0.2, -0.15) is 0 Å². The van der Waals surface area contributed by atoms with Gasteiger partial charge in [-0.25, -0.2) is 9.59 Å². The minimum atomic E-state index is -0.702. The van der Waals surface area contributed by atoms with E-state index in [0.717, 1.165) is 0 Å². The number of amides is 2. The zero-order valence-corrected chi connectivity index (χ0v) is 14.4. The van der Waals surface area contributed by atoms with Gasteiger partial charge in [0.1, 0.15) is 0 Å². The lowest BCUT2D eigenvalue weighted by Crippen LogP contribution is -2.46. The third-order valence-electron chi connectivity index (χ3n) is 3.52. The average Bonchev–Trinajstić information content (AvgIpc) is 2.60. The summed E-state index contributed by atoms with van der Waals surface area (Å²) in [6.07, 6.45) is 0. The number of rotatable bonds is 6. The number of benzene rings is 1. The van der Waals surface area contributed by atoms with E-state index in [1.165, 1.54) is 14.2 Å². The Morgan fingerprint density at radius 1 is 1.25 bits per heavy atom. The number of nitrogens with one attached hydrogen (secondary N) is 2. The zero-order valence-electron chi connectivity index (χ0n) is 13.6. The van der Waals surface area contributed by atoms with E-state index < -0.39 is 18.0 Å². The van der Waals surface area contributed by atoms with Gasteiger partial charge in [-0.1, -0.05) is 6.07 Å². The highest BCUT2D eigenvalue weighted by atomic mass is 35.5. The molecular weight excluding hydrogens is 336 g/mol. The molecule has 1 aliphatic rings. The molecule has 1 heterocycles. The molecule has 0 aromatic heterocycles. The predicted octanol–water partition coefficient (Wildman–Crippen LogP) is 2.11. The van der Waals surface area contributed by atoms with Crippen molar-refractivity contribution in [3.05, 3.63) is 35.0 Å². The molecule has 0 fully saturated rings. The van der Waals surface area contributed by atoms with Crippen LogP contribution in [0.5, 0.6) is 11.5 Å². The monoisotopic (exact) mass is 354 g/mol. The van der Waals surface area contributed by atoms with Crippen molar-refractivity contribution in [1.29, 1.82) is 0 Å². The molecule has 1 unspecified atom stereocenters. The van der Waals surface area contributed by atoms with Crippen molar-refractivity contribution in [2.24, 2.45) is 0 Å². The summed E-state index contributed by atoms with van der Waals surface area (Å²) in [5.41, 5.74) is 1.23. The summed E-state index contributed by atoms with van der Waals surface area (Å²) < 4.78 is 15.6. The fraction of sp³-hybridized carbons (Fsp3) is 0.375. The van der Waals surface area contributed by atoms with Crippen molar-refractivity contribution >= 4 is 23.6 Å². The molecule has 0 saturated heterocycles. The van der Waals surface area contributed by atoms with Crippen molar-refractivity contribution in [2.45, 2.75) is 13.0 Å². The molecule has 1 aliphatic heterocycles. The lowest BCUT2D eigenvalue weighted by molar-refractivity contribution is -0.139. The van der Waals surface area contributed by atoms with E-state index in [1.807, 2.05) is 0 Å². The maximum Gasteiger partial charge on any atom is 0.338 e. The SMILES string of the molecule is CCOC(=O)C1=C(CCl)NC(=O)NC1c1ccc(OC)c(OC)c1. The van der Waals surface area contributed by atoms with Crippen molar-refractivity contribution in [3.63, 3.8) is 0 Å². The van der Waals surface area contributed by atoms with Crippen LogP contribution in [-0.2, 0) is 9.53 Å². The summed E-state index contributed by atoms with van der Waals surface area (Å²) in [7, 11) is 3.04. The van der Waals surface area contributed by atoms with Crippen LogP contribution < -0.4 is 20.1 Å². The molecule has 2 N–H and O–H groups in total. The van der Waals surface area contributed by atoms with Gasteiger partial charge in [-0.3, -0.25) is 0 Å². The van der Waals surface area contributed by atoms with Crippen LogP contribution in [0.3, 0.4) is 0 Å². The van der Waals surface area contributed by atoms with Crippen LogP contribution >= 0.6 is 11.6 Å². The van der Waals surface area contributed by atoms with Crippen LogP contribution in [0.4, 0.5) is 4.79 Å². The lowest BCUT2D eigenvalue weighted by Gasteiger charge is -2.29. The molecule has 0 saturated carbocycles. The van der Waals surface area contributed by atoms with Crippen LogP contribution in [0.25, 0.3) is 0 Å². The summed E-state index contributed by atoms with van der Waals surface area (Å²) in [5.74, 6) is 0.463. The number of esters is 1. The van der Waals surface area contributed by atoms with E-state index in [1.54, 1.807) is 25.1 Å². The van der Waals surface area contributed by atoms with E-state index in [2.05, 4.69) is 10.6 Å². The summed E-state index contributed by atoms with van der Waals surface area (Å²) in [4.78, 5) is 24.2. The first kappa shape index (κ1) is 17.9. The molecule has 0 aliphatic carbocycles. The highest BCUT2D eigenvalue weighted by Crippen LogP contribution is 2.34. The number of urea groups is 1. The number of allylic oxidation sites excluding steroid dienone is 1. The summed E-state index contributed by atoms with van der Waals surface area (Å²) in [5, 5.41) is 5.26. The molecule has 0 radical (unpaired) electrons. The Morgan fingerprint density at radius 2 is 1.96 bits per heavy atom. The normalized spacial score (nSPS) is 17.0. The van der Waals surface area contributed by atoms with Crippen LogP contribution in [0.1, 0.15) is 18.5 Å². The number of alkyl halides is 1. The molecule has 0 spiro atoms. The number of ether oxygens (including phenoxy) is 3. The lowest BCUT2D eigenvalue weighted by atomic mass is 9.95. The van der Waals surface area contributed by atoms with E-state index in [0.29, 0.717) is 22.8 Å². The Hall–Kier alpha value is -2.41. The molecule has 130 valence electrons. The van der Waals surface area contributed by atoms with Crippen LogP contribution in [0.2, 0.25) is 0 Å². The molecule has 1 aromatic carbocycles. The second-order valence-corrected chi connectivity index (χ2v) is 5.16. The number of halogens is 1. The topological polar surface area (TPSA) is 85.9 Å². The van der Waals surface area contributed by atoms with E-state index in [9.17, 15) is 9.59 Å². The van der Waals surface area contributed by atoms with E-state index in [-0.39, 0.29) is 18.1 Å². The van der Waals surface area contributed by atoms with E-state index in [4.69, 9.17) is 25.8 Å². The van der Waals surface area contributed by atoms with Gasteiger partial charge in [-0.05, 0) is 24.6 Å². The van der Waals surface area contributed by atoms with Gasteiger partial charge in [0.15, 0.2) is 11.5 Å². The molecule has 1 atom stereocenters. The number of carbonyl (C=O) groups excluding carboxylic acids is 2. The first-order valence-corrected chi connectivity index (χ1v) is 7.84.